The van der Waals surface area contributed by atoms with Gasteiger partial charge in [0.05, 0.1) is 17.6 Å². The molecule has 1 aromatic heterocycles. The first-order valence-electron chi connectivity index (χ1n) is 10.8. The molecule has 1 fully saturated rings. The van der Waals surface area contributed by atoms with Crippen molar-refractivity contribution in [2.24, 2.45) is 0 Å². The predicted octanol–water partition coefficient (Wildman–Crippen LogP) is 5.50. The molecule has 0 saturated carbocycles. The van der Waals surface area contributed by atoms with Crippen molar-refractivity contribution in [3.63, 3.8) is 0 Å². The largest absolute Gasteiger partial charge is 0.494 e. The highest BCUT2D eigenvalue weighted by Gasteiger charge is 2.13. The summed E-state index contributed by atoms with van der Waals surface area (Å²) in [4.78, 5) is 7.50. The molecule has 0 bridgehead atoms. The molecule has 2 aromatic carbocycles. The minimum absolute atomic E-state index is 0.681. The minimum Gasteiger partial charge on any atom is -0.494 e. The normalized spacial score (nSPS) is 14.7. The summed E-state index contributed by atoms with van der Waals surface area (Å²) in [5.74, 6) is 2.08. The van der Waals surface area contributed by atoms with Crippen LogP contribution in [0.25, 0.3) is 11.0 Å². The molecule has 5 heteroatoms. The number of rotatable bonds is 9. The number of halogens is 1. The molecule has 3 aromatic rings. The van der Waals surface area contributed by atoms with E-state index in [1.807, 2.05) is 25.1 Å². The molecule has 1 aliphatic rings. The maximum atomic E-state index is 6.10. The molecule has 0 radical (unpaired) electrons. The first kappa shape index (κ1) is 20.2. The highest BCUT2D eigenvalue weighted by molar-refractivity contribution is 6.31. The molecule has 0 amide bonds. The van der Waals surface area contributed by atoms with Crippen LogP contribution in [0.5, 0.6) is 5.75 Å². The van der Waals surface area contributed by atoms with Crippen LogP contribution in [0.2, 0.25) is 5.02 Å². The number of para-hydroxylation sites is 2. The Morgan fingerprint density at radius 1 is 1.03 bits per heavy atom. The van der Waals surface area contributed by atoms with E-state index in [-0.39, 0.29) is 0 Å². The molecule has 0 spiro atoms. The quantitative estimate of drug-likeness (QED) is 0.436. The van der Waals surface area contributed by atoms with Crippen molar-refractivity contribution in [1.29, 1.82) is 0 Å². The van der Waals surface area contributed by atoms with Gasteiger partial charge in [0.1, 0.15) is 11.6 Å². The van der Waals surface area contributed by atoms with E-state index in [1.54, 1.807) is 0 Å². The van der Waals surface area contributed by atoms with Gasteiger partial charge in [-0.2, -0.15) is 0 Å². The first-order chi connectivity index (χ1) is 14.2. The van der Waals surface area contributed by atoms with Crippen LogP contribution >= 0.6 is 11.6 Å². The van der Waals surface area contributed by atoms with Crippen LogP contribution in [-0.2, 0) is 13.0 Å². The van der Waals surface area contributed by atoms with Gasteiger partial charge in [-0.15, -0.1) is 0 Å². The lowest BCUT2D eigenvalue weighted by atomic mass is 10.2. The van der Waals surface area contributed by atoms with Gasteiger partial charge in [0.15, 0.2) is 0 Å². The fraction of sp³-hybridized carbons (Fsp3) is 0.458. The van der Waals surface area contributed by atoms with E-state index in [2.05, 4.69) is 33.7 Å². The van der Waals surface area contributed by atoms with Gasteiger partial charge in [-0.05, 0) is 88.1 Å². The van der Waals surface area contributed by atoms with Gasteiger partial charge in [0, 0.05) is 18.0 Å². The van der Waals surface area contributed by atoms with E-state index in [0.717, 1.165) is 41.2 Å². The lowest BCUT2D eigenvalue weighted by Crippen LogP contribution is -2.21. The molecule has 0 unspecified atom stereocenters. The number of nitrogens with zero attached hydrogens (tertiary/aromatic N) is 3. The fourth-order valence-corrected chi connectivity index (χ4v) is 4.27. The third kappa shape index (κ3) is 5.12. The average molecular weight is 412 g/mol. The summed E-state index contributed by atoms with van der Waals surface area (Å²) in [7, 11) is 0. The molecule has 154 valence electrons. The Morgan fingerprint density at radius 3 is 2.69 bits per heavy atom. The zero-order valence-corrected chi connectivity index (χ0v) is 18.0. The summed E-state index contributed by atoms with van der Waals surface area (Å²) < 4.78 is 8.33. The number of aromatic nitrogens is 2. The van der Waals surface area contributed by atoms with E-state index in [4.69, 9.17) is 21.3 Å². The summed E-state index contributed by atoms with van der Waals surface area (Å²) >= 11 is 6.10. The topological polar surface area (TPSA) is 30.3 Å². The number of ether oxygens (including phenoxy) is 1. The van der Waals surface area contributed by atoms with Gasteiger partial charge in [-0.1, -0.05) is 23.7 Å². The lowest BCUT2D eigenvalue weighted by molar-refractivity contribution is 0.301. The number of fused-ring (bicyclic) bond motifs is 1. The molecular formula is C24H30ClN3O. The van der Waals surface area contributed by atoms with Crippen molar-refractivity contribution in [2.45, 2.75) is 45.6 Å². The van der Waals surface area contributed by atoms with Crippen LogP contribution in [0.1, 0.15) is 37.1 Å². The Hall–Kier alpha value is -2.04. The molecule has 0 aliphatic carbocycles. The highest BCUT2D eigenvalue weighted by atomic mass is 35.5. The van der Waals surface area contributed by atoms with Crippen LogP contribution in [0.15, 0.2) is 42.5 Å². The van der Waals surface area contributed by atoms with E-state index in [9.17, 15) is 0 Å². The Balaban J connectivity index is 1.36. The zero-order chi connectivity index (χ0) is 20.1. The molecule has 4 nitrogen and oxygen atoms in total. The second kappa shape index (κ2) is 9.64. The summed E-state index contributed by atoms with van der Waals surface area (Å²) in [5, 5.41) is 0.779. The van der Waals surface area contributed by atoms with Crippen molar-refractivity contribution in [1.82, 2.24) is 14.5 Å². The molecule has 1 saturated heterocycles. The predicted molar refractivity (Wildman–Crippen MR) is 120 cm³/mol. The van der Waals surface area contributed by atoms with Crippen molar-refractivity contribution < 1.29 is 4.74 Å². The zero-order valence-electron chi connectivity index (χ0n) is 17.2. The lowest BCUT2D eigenvalue weighted by Gasteiger charge is -2.15. The van der Waals surface area contributed by atoms with Crippen molar-refractivity contribution in [3.05, 3.63) is 58.9 Å². The Labute approximate surface area is 178 Å². The van der Waals surface area contributed by atoms with Gasteiger partial charge < -0.3 is 14.2 Å². The Kier molecular flexibility index (Phi) is 6.73. The average Bonchev–Trinajstić information content (AvgIpc) is 3.36. The number of likely N-dealkylation sites (tertiary alicyclic amines) is 1. The van der Waals surface area contributed by atoms with Gasteiger partial charge in [0.2, 0.25) is 0 Å². The smallest absolute Gasteiger partial charge is 0.119 e. The van der Waals surface area contributed by atoms with Gasteiger partial charge in [0.25, 0.3) is 0 Å². The summed E-state index contributed by atoms with van der Waals surface area (Å²) in [5.41, 5.74) is 3.37. The summed E-state index contributed by atoms with van der Waals surface area (Å²) in [6.45, 7) is 7.31. The molecular weight excluding hydrogens is 382 g/mol. The number of imidazole rings is 1. The fourth-order valence-electron chi connectivity index (χ4n) is 4.15. The van der Waals surface area contributed by atoms with Crippen molar-refractivity contribution in [2.75, 3.05) is 26.2 Å². The Morgan fingerprint density at radius 2 is 1.86 bits per heavy atom. The van der Waals surface area contributed by atoms with E-state index in [1.165, 1.54) is 50.2 Å². The maximum absolute atomic E-state index is 6.10. The number of aryl methyl sites for hydroxylation is 3. The standard InChI is InChI=1S/C24H30ClN3O/c1-19-18-20(11-12-21(19)25)29-17-7-16-28-23-9-3-2-8-22(23)26-24(28)10-6-15-27-13-4-5-14-27/h2-3,8-9,11-12,18H,4-7,10,13-17H2,1H3. The van der Waals surface area contributed by atoms with E-state index < -0.39 is 0 Å². The number of hydrogen-bond donors (Lipinski definition) is 0. The van der Waals surface area contributed by atoms with Crippen LogP contribution in [0.3, 0.4) is 0 Å². The minimum atomic E-state index is 0.681. The van der Waals surface area contributed by atoms with Crippen LogP contribution in [0, 0.1) is 6.92 Å². The number of hydrogen-bond acceptors (Lipinski definition) is 3. The maximum Gasteiger partial charge on any atom is 0.119 e. The summed E-state index contributed by atoms with van der Waals surface area (Å²) in [6.07, 6.45) is 5.85. The van der Waals surface area contributed by atoms with Crippen LogP contribution in [-0.4, -0.2) is 40.7 Å². The first-order valence-corrected chi connectivity index (χ1v) is 11.1. The van der Waals surface area contributed by atoms with Crippen LogP contribution < -0.4 is 4.74 Å². The molecule has 0 N–H and O–H groups in total. The number of benzene rings is 2. The molecule has 29 heavy (non-hydrogen) atoms. The SMILES string of the molecule is Cc1cc(OCCCn2c(CCCN3CCCC3)nc3ccccc32)ccc1Cl. The van der Waals surface area contributed by atoms with E-state index in [0.29, 0.717) is 6.61 Å². The Bertz CT molecular complexity index is 946. The van der Waals surface area contributed by atoms with Gasteiger partial charge in [-0.25, -0.2) is 4.98 Å². The van der Waals surface area contributed by atoms with Crippen LogP contribution in [0.4, 0.5) is 0 Å². The monoisotopic (exact) mass is 411 g/mol. The third-order valence-corrected chi connectivity index (χ3v) is 6.16. The molecule has 4 rings (SSSR count). The van der Waals surface area contributed by atoms with Crippen molar-refractivity contribution in [3.8, 4) is 5.75 Å². The molecule has 2 heterocycles. The third-order valence-electron chi connectivity index (χ3n) is 5.73. The summed E-state index contributed by atoms with van der Waals surface area (Å²) in [6, 6.07) is 14.3. The molecule has 0 atom stereocenters. The second-order valence-corrected chi connectivity index (χ2v) is 8.34. The highest BCUT2D eigenvalue weighted by Crippen LogP contribution is 2.22. The van der Waals surface area contributed by atoms with Crippen molar-refractivity contribution >= 4 is 22.6 Å². The second-order valence-electron chi connectivity index (χ2n) is 7.93. The van der Waals surface area contributed by atoms with Gasteiger partial charge >= 0.3 is 0 Å². The van der Waals surface area contributed by atoms with Gasteiger partial charge in [-0.3, -0.25) is 0 Å². The van der Waals surface area contributed by atoms with E-state index >= 15 is 0 Å². The molecule has 1 aliphatic heterocycles.